The first-order valence-electron chi connectivity index (χ1n) is 13.0. The van der Waals surface area contributed by atoms with E-state index in [1.165, 1.54) is 7.05 Å². The van der Waals surface area contributed by atoms with Gasteiger partial charge in [-0.25, -0.2) is 14.6 Å². The number of carbonyl (C=O) groups is 2. The van der Waals surface area contributed by atoms with Gasteiger partial charge in [0.2, 0.25) is 5.91 Å². The molecule has 10 nitrogen and oxygen atoms in total. The highest BCUT2D eigenvalue weighted by Crippen LogP contribution is 2.20. The van der Waals surface area contributed by atoms with E-state index in [0.717, 1.165) is 72.5 Å². The molecule has 0 unspecified atom stereocenters. The molecule has 0 spiro atoms. The number of rotatable bonds is 11. The molecule has 0 atom stereocenters. The van der Waals surface area contributed by atoms with Crippen molar-refractivity contribution in [3.63, 3.8) is 0 Å². The normalized spacial score (nSPS) is 10.3. The van der Waals surface area contributed by atoms with E-state index >= 15 is 0 Å². The fraction of sp³-hybridized carbons (Fsp3) is 0.276. The minimum atomic E-state index is -0.342. The smallest absolute Gasteiger partial charge is 0.223 e. The molecule has 0 saturated carbocycles. The highest BCUT2D eigenvalue weighted by molar-refractivity contribution is 5.76. The van der Waals surface area contributed by atoms with Gasteiger partial charge in [-0.3, -0.25) is 4.79 Å². The minimum Gasteiger partial charge on any atom is -0.369 e. The number of hydrogen-bond donors (Lipinski definition) is 3. The lowest BCUT2D eigenvalue weighted by Crippen LogP contribution is -2.14. The summed E-state index contributed by atoms with van der Waals surface area (Å²) in [5, 5.41) is 4.23. The van der Waals surface area contributed by atoms with Crippen LogP contribution in [0.2, 0.25) is 0 Å². The maximum absolute atomic E-state index is 10.7. The van der Waals surface area contributed by atoms with Gasteiger partial charge in [0.05, 0.1) is 29.7 Å². The van der Waals surface area contributed by atoms with Gasteiger partial charge in [0.15, 0.2) is 0 Å². The summed E-state index contributed by atoms with van der Waals surface area (Å²) in [5.41, 5.74) is 14.5. The molecule has 0 saturated heterocycles. The minimum absolute atomic E-state index is 0.227. The lowest BCUT2D eigenvalue weighted by atomic mass is 10.1. The quantitative estimate of drug-likeness (QED) is 0.175. The van der Waals surface area contributed by atoms with Crippen LogP contribution in [-0.2, 0) is 22.4 Å². The molecule has 39 heavy (non-hydrogen) atoms. The van der Waals surface area contributed by atoms with Crippen molar-refractivity contribution in [1.82, 2.24) is 29.1 Å². The van der Waals surface area contributed by atoms with Crippen LogP contribution in [0.15, 0.2) is 79.5 Å². The van der Waals surface area contributed by atoms with Crippen LogP contribution in [-0.4, -0.2) is 48.4 Å². The van der Waals surface area contributed by atoms with E-state index in [1.54, 1.807) is 12.4 Å². The highest BCUT2D eigenvalue weighted by atomic mass is 16.1. The monoisotopic (exact) mass is 528 g/mol. The summed E-state index contributed by atoms with van der Waals surface area (Å²) in [5.74, 6) is 0.683. The van der Waals surface area contributed by atoms with Crippen LogP contribution in [0.25, 0.3) is 22.6 Å². The van der Waals surface area contributed by atoms with Gasteiger partial charge in [0.25, 0.3) is 0 Å². The zero-order valence-electron chi connectivity index (χ0n) is 22.2. The van der Waals surface area contributed by atoms with E-state index in [1.807, 2.05) is 51.9 Å². The number of nitrogens with two attached hydrogens (primary N) is 2. The summed E-state index contributed by atoms with van der Waals surface area (Å²) < 4.78 is 3.69. The van der Waals surface area contributed by atoms with E-state index in [4.69, 9.17) is 5.73 Å². The number of aryl methyl sites for hydroxylation is 1. The molecule has 4 heterocycles. The van der Waals surface area contributed by atoms with Gasteiger partial charge in [0, 0.05) is 37.6 Å². The first kappa shape index (κ1) is 29.0. The molecule has 0 bridgehead atoms. The Bertz CT molecular complexity index is 1400. The van der Waals surface area contributed by atoms with Gasteiger partial charge in [-0.1, -0.05) is 31.0 Å². The van der Waals surface area contributed by atoms with E-state index in [0.29, 0.717) is 6.42 Å². The van der Waals surface area contributed by atoms with Crippen LogP contribution in [0.3, 0.4) is 0 Å². The molecular weight excluding hydrogens is 492 g/mol. The first-order chi connectivity index (χ1) is 19.1. The van der Waals surface area contributed by atoms with Crippen molar-refractivity contribution in [1.29, 1.82) is 0 Å². The largest absolute Gasteiger partial charge is 0.369 e. The molecule has 0 radical (unpaired) electrons. The molecule has 10 heteroatoms. The fourth-order valence-electron chi connectivity index (χ4n) is 4.02. The first-order valence-corrected chi connectivity index (χ1v) is 13.0. The van der Waals surface area contributed by atoms with E-state index in [9.17, 15) is 9.59 Å². The number of H-pyrrole nitrogens is 1. The number of carbonyl (C=O) groups excluding carboxylic acids is 2. The zero-order chi connectivity index (χ0) is 27.9. The predicted molar refractivity (Wildman–Crippen MR) is 152 cm³/mol. The number of benzene rings is 1. The Morgan fingerprint density at radius 2 is 1.74 bits per heavy atom. The van der Waals surface area contributed by atoms with Gasteiger partial charge >= 0.3 is 0 Å². The second-order valence-corrected chi connectivity index (χ2v) is 8.68. The molecule has 5 aromatic rings. The van der Waals surface area contributed by atoms with Crippen LogP contribution < -0.4 is 11.5 Å². The Morgan fingerprint density at radius 3 is 2.46 bits per heavy atom. The molecule has 204 valence electrons. The zero-order valence-corrected chi connectivity index (χ0v) is 22.2. The molecule has 1 aromatic carbocycles. The van der Waals surface area contributed by atoms with Crippen molar-refractivity contribution in [2.75, 3.05) is 7.05 Å². The Labute approximate surface area is 228 Å². The van der Waals surface area contributed by atoms with Crippen molar-refractivity contribution in [2.45, 2.75) is 44.9 Å². The average molecular weight is 529 g/mol. The number of nitrogens with one attached hydrogen (secondary N) is 1. The predicted octanol–water partition coefficient (Wildman–Crippen LogP) is 3.89. The maximum atomic E-state index is 10.7. The van der Waals surface area contributed by atoms with Gasteiger partial charge in [-0.2, -0.15) is 5.10 Å². The van der Waals surface area contributed by atoms with Crippen LogP contribution in [0, 0.1) is 0 Å². The van der Waals surface area contributed by atoms with Gasteiger partial charge in [-0.15, -0.1) is 0 Å². The fourth-order valence-corrected chi connectivity index (χ4v) is 4.02. The summed E-state index contributed by atoms with van der Waals surface area (Å²) >= 11 is 0. The van der Waals surface area contributed by atoms with Crippen molar-refractivity contribution >= 4 is 17.8 Å². The Balaban J connectivity index is 0.000000236. The number of hydrogen-bond acceptors (Lipinski definition) is 6. The summed E-state index contributed by atoms with van der Waals surface area (Å²) in [6, 6.07) is 15.8. The lowest BCUT2D eigenvalue weighted by Gasteiger charge is -2.03. The third kappa shape index (κ3) is 8.75. The van der Waals surface area contributed by atoms with E-state index < -0.39 is 0 Å². The number of aromatic amines is 1. The summed E-state index contributed by atoms with van der Waals surface area (Å²) in [6.07, 6.45) is 16.3. The molecule has 5 rings (SSSR count). The molecule has 4 aromatic heterocycles. The Morgan fingerprint density at radius 1 is 0.949 bits per heavy atom. The Kier molecular flexibility index (Phi) is 11.6. The topological polar surface area (TPSA) is 150 Å². The second-order valence-electron chi connectivity index (χ2n) is 8.68. The number of nitrogens with zero attached hydrogens (tertiary/aromatic N) is 5. The number of aromatic nitrogens is 6. The third-order valence-corrected chi connectivity index (χ3v) is 5.91. The summed E-state index contributed by atoms with van der Waals surface area (Å²) in [6.45, 7) is 0. The van der Waals surface area contributed by atoms with Crippen molar-refractivity contribution in [3.8, 4) is 16.9 Å². The second kappa shape index (κ2) is 15.6. The number of pyridine rings is 1. The summed E-state index contributed by atoms with van der Waals surface area (Å²) in [7, 11) is 1.50. The van der Waals surface area contributed by atoms with Crippen molar-refractivity contribution < 1.29 is 9.59 Å². The van der Waals surface area contributed by atoms with Crippen LogP contribution in [0.5, 0.6) is 0 Å². The standard InChI is InChI=1S/C19H22N4O.C9H9N3O.CH5N/c24-14-5-3-1-2-4-7-19-20-15-18(22-19)16-8-10-17(11-9-16)23-13-6-12-21-23;10-8(13)5-7-6-11-9-3-1-2-4-12(7)9;1-2/h6,8-15H,1-5,7H2,(H,20,22);1-4,6H,5H2,(H2,10,13);2H2,1H3. The van der Waals surface area contributed by atoms with Crippen LogP contribution in [0.4, 0.5) is 0 Å². The summed E-state index contributed by atoms with van der Waals surface area (Å²) in [4.78, 5) is 32.9. The lowest BCUT2D eigenvalue weighted by molar-refractivity contribution is -0.117. The SMILES string of the molecule is CN.NC(=O)Cc1cnc2ccccn12.O=CCCCCCCc1ncc(-c2ccc(-n3cccn3)cc2)[nH]1. The number of aldehydes is 1. The Hall–Kier alpha value is -4.57. The number of primary amides is 1. The number of amides is 1. The maximum Gasteiger partial charge on any atom is 0.223 e. The van der Waals surface area contributed by atoms with Gasteiger partial charge in [-0.05, 0) is 55.8 Å². The van der Waals surface area contributed by atoms with Crippen LogP contribution in [0.1, 0.15) is 43.6 Å². The van der Waals surface area contributed by atoms with E-state index in [2.05, 4.69) is 50.0 Å². The average Bonchev–Trinajstić information content (AvgIpc) is 3.74. The van der Waals surface area contributed by atoms with E-state index in [-0.39, 0.29) is 12.3 Å². The van der Waals surface area contributed by atoms with Crippen molar-refractivity contribution in [3.05, 3.63) is 91.0 Å². The molecule has 5 N–H and O–H groups in total. The number of fused-ring (bicyclic) bond motifs is 1. The molecule has 1 amide bonds. The van der Waals surface area contributed by atoms with Crippen LogP contribution >= 0.6 is 0 Å². The highest BCUT2D eigenvalue weighted by Gasteiger charge is 2.05. The molecule has 0 aliphatic heterocycles. The van der Waals surface area contributed by atoms with Gasteiger partial charge < -0.3 is 25.6 Å². The number of unbranched alkanes of at least 4 members (excludes halogenated alkanes) is 4. The third-order valence-electron chi connectivity index (χ3n) is 5.91. The molecule has 0 aliphatic carbocycles. The molecular formula is C29H36N8O2. The molecule has 0 fully saturated rings. The van der Waals surface area contributed by atoms with Crippen molar-refractivity contribution in [2.24, 2.45) is 11.5 Å². The molecule has 0 aliphatic rings. The van der Waals surface area contributed by atoms with Gasteiger partial charge in [0.1, 0.15) is 17.8 Å². The number of imidazole rings is 2.